The van der Waals surface area contributed by atoms with Crippen molar-refractivity contribution in [2.24, 2.45) is 0 Å². The topological polar surface area (TPSA) is 8.17 Å². The number of anilines is 3. The monoisotopic (exact) mass is 744 g/mol. The first-order valence-corrected chi connectivity index (χ1v) is 20.2. The number of nitrogens with zero attached hydrogens (tertiary/aromatic N) is 2. The molecular formula is C54H36N2S. The second-order valence-electron chi connectivity index (χ2n) is 14.5. The van der Waals surface area contributed by atoms with Gasteiger partial charge in [0.15, 0.2) is 0 Å². The van der Waals surface area contributed by atoms with Crippen LogP contribution in [0.4, 0.5) is 17.1 Å². The predicted octanol–water partition coefficient (Wildman–Crippen LogP) is 15.6. The third-order valence-corrected chi connectivity index (χ3v) is 12.4. The quantitative estimate of drug-likeness (QED) is 0.158. The van der Waals surface area contributed by atoms with Crippen LogP contribution in [-0.4, -0.2) is 4.57 Å². The van der Waals surface area contributed by atoms with Crippen molar-refractivity contribution in [3.63, 3.8) is 0 Å². The van der Waals surface area contributed by atoms with E-state index >= 15 is 0 Å². The molecule has 0 bridgehead atoms. The van der Waals surface area contributed by atoms with E-state index in [1.807, 2.05) is 11.3 Å². The normalized spacial score (nSPS) is 11.5. The molecule has 0 aliphatic rings. The van der Waals surface area contributed by atoms with Gasteiger partial charge in [0, 0.05) is 48.0 Å². The lowest BCUT2D eigenvalue weighted by Gasteiger charge is -2.28. The van der Waals surface area contributed by atoms with E-state index in [9.17, 15) is 0 Å². The molecule has 0 saturated carbocycles. The van der Waals surface area contributed by atoms with Crippen LogP contribution >= 0.6 is 11.3 Å². The molecule has 0 aliphatic carbocycles. The maximum Gasteiger partial charge on any atom is 0.0555 e. The van der Waals surface area contributed by atoms with Crippen molar-refractivity contribution in [2.75, 3.05) is 4.90 Å². The molecule has 0 unspecified atom stereocenters. The van der Waals surface area contributed by atoms with E-state index < -0.39 is 0 Å². The summed E-state index contributed by atoms with van der Waals surface area (Å²) in [6, 6.07) is 79.3. The summed E-state index contributed by atoms with van der Waals surface area (Å²) >= 11 is 1.88. The van der Waals surface area contributed by atoms with Crippen LogP contribution in [0.25, 0.3) is 81.0 Å². The van der Waals surface area contributed by atoms with Crippen LogP contribution in [-0.2, 0) is 0 Å². The Bertz CT molecular complexity index is 3150. The minimum Gasteiger partial charge on any atom is -0.310 e. The van der Waals surface area contributed by atoms with E-state index in [0.29, 0.717) is 0 Å². The van der Waals surface area contributed by atoms with Crippen molar-refractivity contribution in [3.8, 4) is 39.1 Å². The zero-order valence-corrected chi connectivity index (χ0v) is 31.9. The zero-order chi connectivity index (χ0) is 37.7. The van der Waals surface area contributed by atoms with E-state index in [4.69, 9.17) is 0 Å². The van der Waals surface area contributed by atoms with Crippen molar-refractivity contribution in [1.29, 1.82) is 0 Å². The summed E-state index contributed by atoms with van der Waals surface area (Å²) in [4.78, 5) is 2.46. The van der Waals surface area contributed by atoms with Crippen LogP contribution in [0.3, 0.4) is 0 Å². The Labute approximate surface area is 335 Å². The van der Waals surface area contributed by atoms with Gasteiger partial charge in [0.1, 0.15) is 0 Å². The van der Waals surface area contributed by atoms with E-state index in [2.05, 4.69) is 228 Å². The van der Waals surface area contributed by atoms with Crippen molar-refractivity contribution < 1.29 is 0 Å². The molecule has 0 aliphatic heterocycles. The molecule has 0 N–H and O–H groups in total. The molecule has 11 aromatic rings. The fourth-order valence-electron chi connectivity index (χ4n) is 8.56. The second-order valence-corrected chi connectivity index (χ2v) is 15.6. The van der Waals surface area contributed by atoms with Crippen molar-refractivity contribution in [3.05, 3.63) is 218 Å². The molecule has 2 aromatic heterocycles. The zero-order valence-electron chi connectivity index (χ0n) is 31.1. The summed E-state index contributed by atoms with van der Waals surface area (Å²) in [5.41, 5.74) is 14.1. The maximum atomic E-state index is 2.46. The smallest absolute Gasteiger partial charge is 0.0555 e. The minimum atomic E-state index is 1.11. The number of fused-ring (bicyclic) bond motifs is 6. The Hall–Kier alpha value is -7.20. The molecule has 3 heteroatoms. The van der Waals surface area contributed by atoms with Crippen LogP contribution in [0, 0.1) is 0 Å². The van der Waals surface area contributed by atoms with Crippen LogP contribution < -0.4 is 4.90 Å². The van der Waals surface area contributed by atoms with Gasteiger partial charge in [0.05, 0.1) is 16.7 Å². The Morgan fingerprint density at radius 3 is 1.61 bits per heavy atom. The predicted molar refractivity (Wildman–Crippen MR) is 245 cm³/mol. The molecule has 2 heterocycles. The van der Waals surface area contributed by atoms with Gasteiger partial charge in [-0.15, -0.1) is 11.3 Å². The molecule has 268 valence electrons. The van der Waals surface area contributed by atoms with Crippen LogP contribution in [0.1, 0.15) is 0 Å². The van der Waals surface area contributed by atoms with Gasteiger partial charge in [-0.3, -0.25) is 0 Å². The minimum absolute atomic E-state index is 1.11. The summed E-state index contributed by atoms with van der Waals surface area (Å²) in [7, 11) is 0. The summed E-state index contributed by atoms with van der Waals surface area (Å²) in [6.45, 7) is 0. The Balaban J connectivity index is 1.16. The molecule has 0 saturated heterocycles. The molecule has 0 amide bonds. The number of aromatic nitrogens is 1. The van der Waals surface area contributed by atoms with Gasteiger partial charge >= 0.3 is 0 Å². The van der Waals surface area contributed by atoms with Gasteiger partial charge in [-0.1, -0.05) is 158 Å². The van der Waals surface area contributed by atoms with E-state index in [0.717, 1.165) is 22.7 Å². The number of benzene rings is 9. The highest BCUT2D eigenvalue weighted by Gasteiger charge is 2.22. The van der Waals surface area contributed by atoms with E-state index in [-0.39, 0.29) is 0 Å². The average molecular weight is 745 g/mol. The number of thiophene rings is 1. The molecular weight excluding hydrogens is 709 g/mol. The standard InChI is InChI=1S/C54H36N2S/c1-4-16-37(17-5-1)39-20-14-24-43(34-39)55(44-25-15-21-40(35-44)38-18-6-2-7-19-38)50-33-32-45(54-53(50)48-27-11-13-29-52(48)57-54)41-30-31-47-46-26-10-12-28-49(46)56(51(47)36-41)42-22-8-3-9-23-42/h1-36H. The Morgan fingerprint density at radius 2 is 0.930 bits per heavy atom. The van der Waals surface area contributed by atoms with E-state index in [1.165, 1.54) is 75.4 Å². The van der Waals surface area contributed by atoms with Gasteiger partial charge in [0.2, 0.25) is 0 Å². The third-order valence-electron chi connectivity index (χ3n) is 11.2. The summed E-state index contributed by atoms with van der Waals surface area (Å²) in [6.07, 6.45) is 0. The fraction of sp³-hybridized carbons (Fsp3) is 0. The Kier molecular flexibility index (Phi) is 8.04. The van der Waals surface area contributed by atoms with Crippen molar-refractivity contribution in [2.45, 2.75) is 0 Å². The third kappa shape index (κ3) is 5.71. The highest BCUT2D eigenvalue weighted by molar-refractivity contribution is 7.26. The molecule has 11 rings (SSSR count). The van der Waals surface area contributed by atoms with Crippen LogP contribution in [0.15, 0.2) is 218 Å². The molecule has 2 nitrogen and oxygen atoms in total. The fourth-order valence-corrected chi connectivity index (χ4v) is 9.81. The van der Waals surface area contributed by atoms with E-state index in [1.54, 1.807) is 0 Å². The summed E-state index contributed by atoms with van der Waals surface area (Å²) < 4.78 is 4.96. The van der Waals surface area contributed by atoms with Crippen LogP contribution in [0.2, 0.25) is 0 Å². The lowest BCUT2D eigenvalue weighted by Crippen LogP contribution is -2.10. The van der Waals surface area contributed by atoms with Crippen LogP contribution in [0.5, 0.6) is 0 Å². The molecule has 0 spiro atoms. The second kappa shape index (κ2) is 13.8. The summed E-state index contributed by atoms with van der Waals surface area (Å²) in [5.74, 6) is 0. The molecule has 9 aromatic carbocycles. The number of hydrogen-bond donors (Lipinski definition) is 0. The lowest BCUT2D eigenvalue weighted by molar-refractivity contribution is 1.18. The van der Waals surface area contributed by atoms with Gasteiger partial charge in [-0.05, 0) is 94.0 Å². The maximum absolute atomic E-state index is 2.46. The Morgan fingerprint density at radius 1 is 0.368 bits per heavy atom. The lowest BCUT2D eigenvalue weighted by atomic mass is 9.98. The first-order chi connectivity index (χ1) is 28.3. The van der Waals surface area contributed by atoms with Gasteiger partial charge < -0.3 is 9.47 Å². The van der Waals surface area contributed by atoms with Gasteiger partial charge in [-0.2, -0.15) is 0 Å². The molecule has 0 radical (unpaired) electrons. The molecule has 0 atom stereocenters. The highest BCUT2D eigenvalue weighted by Crippen LogP contribution is 2.49. The summed E-state index contributed by atoms with van der Waals surface area (Å²) in [5, 5.41) is 5.03. The van der Waals surface area contributed by atoms with Crippen molar-refractivity contribution >= 4 is 70.4 Å². The average Bonchev–Trinajstić information content (AvgIpc) is 3.84. The van der Waals surface area contributed by atoms with Crippen molar-refractivity contribution in [1.82, 2.24) is 4.57 Å². The SMILES string of the molecule is c1ccc(-c2cccc(N(c3cccc(-c4ccccc4)c3)c3ccc(-c4ccc5c6ccccc6n(-c6ccccc6)c5c4)c4sc5ccccc5c34)c2)cc1. The largest absolute Gasteiger partial charge is 0.310 e. The molecule has 0 fully saturated rings. The number of para-hydroxylation sites is 2. The van der Waals surface area contributed by atoms with Gasteiger partial charge in [0.25, 0.3) is 0 Å². The number of hydrogen-bond acceptors (Lipinski definition) is 2. The highest BCUT2D eigenvalue weighted by atomic mass is 32.1. The first kappa shape index (κ1) is 33.2. The number of rotatable bonds is 7. The first-order valence-electron chi connectivity index (χ1n) is 19.4. The molecule has 57 heavy (non-hydrogen) atoms. The van der Waals surface area contributed by atoms with Gasteiger partial charge in [-0.25, -0.2) is 0 Å².